The van der Waals surface area contributed by atoms with Crippen LogP contribution in [0, 0.1) is 5.92 Å². The van der Waals surface area contributed by atoms with E-state index in [0.29, 0.717) is 13.2 Å². The van der Waals surface area contributed by atoms with Crippen LogP contribution in [0.25, 0.3) is 0 Å². The first kappa shape index (κ1) is 12.2. The Morgan fingerprint density at radius 1 is 1.38 bits per heavy atom. The summed E-state index contributed by atoms with van der Waals surface area (Å²) >= 11 is 0. The zero-order valence-electron chi connectivity index (χ0n) is 8.58. The first-order valence-corrected chi connectivity index (χ1v) is 4.47. The smallest absolute Gasteiger partial charge is 0.330 e. The minimum absolute atomic E-state index is 0.220. The Bertz CT molecular complexity index is 164. The Morgan fingerprint density at radius 2 is 2.00 bits per heavy atom. The SMILES string of the molecule is C=CC(=O)OCC(C)COC(C)C. The van der Waals surface area contributed by atoms with Crippen LogP contribution in [0.1, 0.15) is 20.8 Å². The summed E-state index contributed by atoms with van der Waals surface area (Å²) < 4.78 is 10.2. The standard InChI is InChI=1S/C10H18O3/c1-5-10(11)13-7-9(4)6-12-8(2)3/h5,8-9H,1,6-7H2,2-4H3. The molecule has 0 spiro atoms. The third-order valence-corrected chi connectivity index (χ3v) is 1.39. The highest BCUT2D eigenvalue weighted by molar-refractivity contribution is 5.81. The lowest BCUT2D eigenvalue weighted by Crippen LogP contribution is -2.17. The predicted octanol–water partition coefficient (Wildman–Crippen LogP) is 1.78. The van der Waals surface area contributed by atoms with E-state index in [9.17, 15) is 4.79 Å². The van der Waals surface area contributed by atoms with Crippen molar-refractivity contribution in [2.75, 3.05) is 13.2 Å². The minimum atomic E-state index is -0.378. The number of ether oxygens (including phenoxy) is 2. The van der Waals surface area contributed by atoms with E-state index in [1.165, 1.54) is 0 Å². The maximum absolute atomic E-state index is 10.7. The maximum atomic E-state index is 10.7. The first-order valence-electron chi connectivity index (χ1n) is 4.47. The van der Waals surface area contributed by atoms with Gasteiger partial charge in [-0.2, -0.15) is 0 Å². The van der Waals surface area contributed by atoms with E-state index in [0.717, 1.165) is 6.08 Å². The van der Waals surface area contributed by atoms with Crippen molar-refractivity contribution in [2.24, 2.45) is 5.92 Å². The third kappa shape index (κ3) is 7.53. The lowest BCUT2D eigenvalue weighted by Gasteiger charge is -2.13. The van der Waals surface area contributed by atoms with Crippen molar-refractivity contribution in [3.8, 4) is 0 Å². The maximum Gasteiger partial charge on any atom is 0.330 e. The predicted molar refractivity (Wildman–Crippen MR) is 51.4 cm³/mol. The van der Waals surface area contributed by atoms with Gasteiger partial charge in [-0.15, -0.1) is 0 Å². The summed E-state index contributed by atoms with van der Waals surface area (Å²) in [6.45, 7) is 10.2. The Balaban J connectivity index is 3.45. The normalized spacial score (nSPS) is 12.6. The molecule has 0 saturated heterocycles. The highest BCUT2D eigenvalue weighted by atomic mass is 16.5. The molecule has 1 atom stereocenters. The van der Waals surface area contributed by atoms with Crippen LogP contribution in [0.5, 0.6) is 0 Å². The Labute approximate surface area is 79.7 Å². The molecule has 3 nitrogen and oxygen atoms in total. The van der Waals surface area contributed by atoms with E-state index in [2.05, 4.69) is 6.58 Å². The molecule has 0 amide bonds. The molecule has 0 rings (SSSR count). The molecule has 1 unspecified atom stereocenters. The molecule has 0 aliphatic carbocycles. The summed E-state index contributed by atoms with van der Waals surface area (Å²) in [5, 5.41) is 0. The van der Waals surface area contributed by atoms with E-state index in [-0.39, 0.29) is 18.0 Å². The van der Waals surface area contributed by atoms with Gasteiger partial charge in [0.1, 0.15) is 0 Å². The molecular formula is C10H18O3. The van der Waals surface area contributed by atoms with Gasteiger partial charge >= 0.3 is 5.97 Å². The second-order valence-electron chi connectivity index (χ2n) is 3.32. The number of carbonyl (C=O) groups excluding carboxylic acids is 1. The van der Waals surface area contributed by atoms with Crippen LogP contribution in [-0.4, -0.2) is 25.3 Å². The molecule has 0 bridgehead atoms. The third-order valence-electron chi connectivity index (χ3n) is 1.39. The van der Waals surface area contributed by atoms with Gasteiger partial charge in [0, 0.05) is 12.0 Å². The molecule has 0 aromatic heterocycles. The highest BCUT2D eigenvalue weighted by Crippen LogP contribution is 2.00. The van der Waals surface area contributed by atoms with E-state index < -0.39 is 0 Å². The molecule has 0 heterocycles. The van der Waals surface area contributed by atoms with Crippen molar-refractivity contribution < 1.29 is 14.3 Å². The highest BCUT2D eigenvalue weighted by Gasteiger charge is 2.05. The van der Waals surface area contributed by atoms with E-state index in [1.54, 1.807) is 0 Å². The molecule has 3 heteroatoms. The van der Waals surface area contributed by atoms with Crippen LogP contribution >= 0.6 is 0 Å². The Morgan fingerprint density at radius 3 is 2.46 bits per heavy atom. The van der Waals surface area contributed by atoms with Gasteiger partial charge < -0.3 is 9.47 Å². The number of rotatable bonds is 6. The molecule has 0 aromatic rings. The fourth-order valence-corrected chi connectivity index (χ4v) is 0.688. The molecule has 0 N–H and O–H groups in total. The lowest BCUT2D eigenvalue weighted by atomic mass is 10.2. The molecule has 0 saturated carbocycles. The zero-order valence-corrected chi connectivity index (χ0v) is 8.58. The van der Waals surface area contributed by atoms with Crippen LogP contribution < -0.4 is 0 Å². The van der Waals surface area contributed by atoms with Gasteiger partial charge in [-0.1, -0.05) is 13.5 Å². The average molecular weight is 186 g/mol. The van der Waals surface area contributed by atoms with Gasteiger partial charge in [-0.3, -0.25) is 0 Å². The summed E-state index contributed by atoms with van der Waals surface area (Å²) in [5.74, 6) is -0.150. The largest absolute Gasteiger partial charge is 0.462 e. The van der Waals surface area contributed by atoms with Gasteiger partial charge in [0.25, 0.3) is 0 Å². The second-order valence-corrected chi connectivity index (χ2v) is 3.32. The number of carbonyl (C=O) groups is 1. The summed E-state index contributed by atoms with van der Waals surface area (Å²) in [6, 6.07) is 0. The molecule has 0 aliphatic heterocycles. The van der Waals surface area contributed by atoms with Crippen LogP contribution in [0.3, 0.4) is 0 Å². The fourth-order valence-electron chi connectivity index (χ4n) is 0.688. The van der Waals surface area contributed by atoms with Gasteiger partial charge in [-0.25, -0.2) is 4.79 Å². The molecular weight excluding hydrogens is 168 g/mol. The van der Waals surface area contributed by atoms with Crippen molar-refractivity contribution in [2.45, 2.75) is 26.9 Å². The molecule has 0 aromatic carbocycles. The topological polar surface area (TPSA) is 35.5 Å². The van der Waals surface area contributed by atoms with Crippen molar-refractivity contribution in [3.05, 3.63) is 12.7 Å². The monoisotopic (exact) mass is 186 g/mol. The lowest BCUT2D eigenvalue weighted by molar-refractivity contribution is -0.139. The summed E-state index contributed by atoms with van der Waals surface area (Å²) in [6.07, 6.45) is 1.38. The Kier molecular flexibility index (Phi) is 6.24. The van der Waals surface area contributed by atoms with Gasteiger partial charge in [0.15, 0.2) is 0 Å². The first-order chi connectivity index (χ1) is 6.06. The molecule has 13 heavy (non-hydrogen) atoms. The minimum Gasteiger partial charge on any atom is -0.462 e. The molecule has 0 aliphatic rings. The molecule has 0 fully saturated rings. The van der Waals surface area contributed by atoms with E-state index in [1.807, 2.05) is 20.8 Å². The Hall–Kier alpha value is -0.830. The van der Waals surface area contributed by atoms with Crippen LogP contribution in [0.4, 0.5) is 0 Å². The number of esters is 1. The van der Waals surface area contributed by atoms with E-state index in [4.69, 9.17) is 9.47 Å². The number of hydrogen-bond donors (Lipinski definition) is 0. The van der Waals surface area contributed by atoms with Crippen LogP contribution in [0.2, 0.25) is 0 Å². The van der Waals surface area contributed by atoms with Gasteiger partial charge in [-0.05, 0) is 13.8 Å². The average Bonchev–Trinajstić information content (AvgIpc) is 2.10. The molecule has 76 valence electrons. The quantitative estimate of drug-likeness (QED) is 0.468. The van der Waals surface area contributed by atoms with Crippen molar-refractivity contribution in [1.82, 2.24) is 0 Å². The second kappa shape index (κ2) is 6.66. The number of hydrogen-bond acceptors (Lipinski definition) is 3. The summed E-state index contributed by atoms with van der Waals surface area (Å²) in [5.41, 5.74) is 0. The van der Waals surface area contributed by atoms with E-state index >= 15 is 0 Å². The summed E-state index contributed by atoms with van der Waals surface area (Å²) in [4.78, 5) is 10.7. The van der Waals surface area contributed by atoms with Gasteiger partial charge in [0.2, 0.25) is 0 Å². The zero-order chi connectivity index (χ0) is 10.3. The van der Waals surface area contributed by atoms with Crippen molar-refractivity contribution >= 4 is 5.97 Å². The van der Waals surface area contributed by atoms with Gasteiger partial charge in [0.05, 0.1) is 19.3 Å². The van der Waals surface area contributed by atoms with Crippen molar-refractivity contribution in [3.63, 3.8) is 0 Å². The fraction of sp³-hybridized carbons (Fsp3) is 0.700. The van der Waals surface area contributed by atoms with Crippen molar-refractivity contribution in [1.29, 1.82) is 0 Å². The van der Waals surface area contributed by atoms with Crippen LogP contribution in [0.15, 0.2) is 12.7 Å². The summed E-state index contributed by atoms with van der Waals surface area (Å²) in [7, 11) is 0. The van der Waals surface area contributed by atoms with Crippen LogP contribution in [-0.2, 0) is 14.3 Å². The molecule has 0 radical (unpaired) electrons.